The largest absolute Gasteiger partial charge is 0.462 e. The van der Waals surface area contributed by atoms with E-state index in [0.717, 1.165) is 11.8 Å². The number of nitrogens with zero attached hydrogens (tertiary/aromatic N) is 2. The van der Waals surface area contributed by atoms with Crippen LogP contribution >= 0.6 is 35.3 Å². The third-order valence-electron chi connectivity index (χ3n) is 10.2. The second kappa shape index (κ2) is 26.1. The fourth-order valence-electron chi connectivity index (χ4n) is 6.68. The molecule has 0 aromatic carbocycles. The summed E-state index contributed by atoms with van der Waals surface area (Å²) in [5.41, 5.74) is -2.19. The molecule has 2 aliphatic heterocycles. The van der Waals surface area contributed by atoms with E-state index < -0.39 is 109 Å². The van der Waals surface area contributed by atoms with Crippen LogP contribution in [0.25, 0.3) is 0 Å². The summed E-state index contributed by atoms with van der Waals surface area (Å²) in [7, 11) is 0. The van der Waals surface area contributed by atoms with Crippen molar-refractivity contribution in [2.45, 2.75) is 166 Å². The molecule has 0 radical (unpaired) electrons. The summed E-state index contributed by atoms with van der Waals surface area (Å²) in [6, 6.07) is -0.422. The van der Waals surface area contributed by atoms with Crippen LogP contribution in [0.1, 0.15) is 115 Å². The zero-order valence-electron chi connectivity index (χ0n) is 40.0. The summed E-state index contributed by atoms with van der Waals surface area (Å²) in [5, 5.41) is 42.8. The van der Waals surface area contributed by atoms with Gasteiger partial charge in [-0.2, -0.15) is 0 Å². The second-order valence-electron chi connectivity index (χ2n) is 19.8. The minimum Gasteiger partial charge on any atom is -0.462 e. The molecular weight excluding hydrogens is 909 g/mol. The van der Waals surface area contributed by atoms with E-state index in [1.54, 1.807) is 37.5 Å². The van der Waals surface area contributed by atoms with E-state index in [1.165, 1.54) is 23.5 Å². The highest BCUT2D eigenvalue weighted by Gasteiger charge is 2.44. The maximum Gasteiger partial charge on any atom is 0.316 e. The molecule has 8 unspecified atom stereocenters. The Bertz CT molecular complexity index is 1620. The summed E-state index contributed by atoms with van der Waals surface area (Å²) in [5.74, 6) is -4.49. The normalized spacial score (nSPS) is 19.1. The van der Waals surface area contributed by atoms with Crippen molar-refractivity contribution in [3.05, 3.63) is 0 Å². The average Bonchev–Trinajstić information content (AvgIpc) is 3.85. The van der Waals surface area contributed by atoms with Gasteiger partial charge in [0, 0.05) is 41.5 Å². The summed E-state index contributed by atoms with van der Waals surface area (Å²) in [6.07, 6.45) is -6.88. The van der Waals surface area contributed by atoms with E-state index in [9.17, 15) is 54.0 Å². The summed E-state index contributed by atoms with van der Waals surface area (Å²) in [4.78, 5) is 93.9. The third kappa shape index (κ3) is 21.3. The minimum atomic E-state index is -1.97. The summed E-state index contributed by atoms with van der Waals surface area (Å²) in [6.45, 7) is 18.2. The van der Waals surface area contributed by atoms with Crippen LogP contribution in [0.4, 0.5) is 0 Å². The lowest BCUT2D eigenvalue weighted by Crippen LogP contribution is -2.50. The summed E-state index contributed by atoms with van der Waals surface area (Å²) < 4.78 is 26.1. The Labute approximate surface area is 396 Å². The van der Waals surface area contributed by atoms with Gasteiger partial charge in [-0.3, -0.25) is 33.6 Å². The van der Waals surface area contributed by atoms with Crippen LogP contribution in [-0.4, -0.2) is 180 Å². The van der Waals surface area contributed by atoms with E-state index in [2.05, 4.69) is 0 Å². The number of hydrogen-bond donors (Lipinski definition) is 4. The molecule has 0 aromatic rings. The number of thioether (sulfide) groups is 3. The van der Waals surface area contributed by atoms with Gasteiger partial charge >= 0.3 is 29.8 Å². The molecular formula is C44H74N2O16S3. The fourth-order valence-corrected chi connectivity index (χ4v) is 9.23. The molecule has 2 fully saturated rings. The number of ether oxygens (including phenoxy) is 5. The molecule has 2 rings (SSSR count). The molecule has 0 aliphatic carbocycles. The highest BCUT2D eigenvalue weighted by molar-refractivity contribution is 8.01. The Morgan fingerprint density at radius 1 is 0.615 bits per heavy atom. The van der Waals surface area contributed by atoms with Crippen LogP contribution in [-0.2, 0) is 57.2 Å². The van der Waals surface area contributed by atoms with Gasteiger partial charge in [0.15, 0.2) is 6.10 Å². The average molecular weight is 983 g/mol. The molecule has 0 spiro atoms. The molecule has 8 atom stereocenters. The standard InChI is InChI=1S/C44H74N2O16S3/c1-27(45-16-12-14-31(45)50)18-44(11,40(57)61-21-28(47)20-60-39(56)41(2,3)4)19-33(46-17-13-15-32(46)51)63-24-34(52)59-23-30(49)38(62-36(54)26-65-43(8,9)10)37(55)29(48)22-58-35(53)25-64-42(5,6)7/h27-30,33,37-38,47-49,55H,12-26H2,1-11H3. The topological polar surface area (TPSA) is 253 Å². The first kappa shape index (κ1) is 58.3. The van der Waals surface area contributed by atoms with Gasteiger partial charge in [-0.1, -0.05) is 41.5 Å². The molecule has 0 saturated carbocycles. The molecule has 4 N–H and O–H groups in total. The number of carbonyl (C=O) groups is 7. The maximum absolute atomic E-state index is 14.0. The number of esters is 5. The fraction of sp³-hybridized carbons (Fsp3) is 0.841. The van der Waals surface area contributed by atoms with E-state index in [4.69, 9.17) is 23.7 Å². The van der Waals surface area contributed by atoms with Gasteiger partial charge in [0.05, 0.1) is 33.5 Å². The number of aliphatic hydroxyl groups excluding tert-OH is 4. The van der Waals surface area contributed by atoms with Crippen LogP contribution in [0, 0.1) is 10.8 Å². The Kier molecular flexibility index (Phi) is 23.4. The highest BCUT2D eigenvalue weighted by atomic mass is 32.2. The molecule has 2 saturated heterocycles. The SMILES string of the molecule is CC(CC(C)(CC(SCC(=O)OCC(O)C(OC(=O)CSC(C)(C)C)C(O)C(O)COC(=O)CSC(C)(C)C)N1CCCC1=O)C(=O)OCC(O)COC(=O)C(C)(C)C)N1CCCC1=O. The van der Waals surface area contributed by atoms with E-state index in [-0.39, 0.29) is 57.8 Å². The second-order valence-corrected chi connectivity index (χ2v) is 24.6. The van der Waals surface area contributed by atoms with Crippen molar-refractivity contribution in [3.8, 4) is 0 Å². The molecule has 2 aliphatic rings. The number of likely N-dealkylation sites (tertiary alicyclic amines) is 2. The van der Waals surface area contributed by atoms with E-state index in [1.807, 2.05) is 48.5 Å². The first-order chi connectivity index (χ1) is 29.9. The molecule has 21 heteroatoms. The molecule has 0 bridgehead atoms. The van der Waals surface area contributed by atoms with Crippen molar-refractivity contribution < 1.29 is 77.7 Å². The van der Waals surface area contributed by atoms with Crippen LogP contribution in [0.5, 0.6) is 0 Å². The van der Waals surface area contributed by atoms with Crippen LogP contribution in [0.15, 0.2) is 0 Å². The molecule has 2 heterocycles. The first-order valence-corrected chi connectivity index (χ1v) is 25.0. The van der Waals surface area contributed by atoms with Crippen molar-refractivity contribution in [1.29, 1.82) is 0 Å². The van der Waals surface area contributed by atoms with Gasteiger partial charge in [0.25, 0.3) is 0 Å². The Morgan fingerprint density at radius 2 is 1.09 bits per heavy atom. The Hall–Kier alpha value is -2.82. The van der Waals surface area contributed by atoms with Gasteiger partial charge in [0.1, 0.15) is 50.8 Å². The van der Waals surface area contributed by atoms with Gasteiger partial charge in [0.2, 0.25) is 11.8 Å². The lowest BCUT2D eigenvalue weighted by Gasteiger charge is -2.38. The van der Waals surface area contributed by atoms with Crippen LogP contribution < -0.4 is 0 Å². The van der Waals surface area contributed by atoms with Crippen molar-refractivity contribution in [3.63, 3.8) is 0 Å². The van der Waals surface area contributed by atoms with Gasteiger partial charge in [-0.05, 0) is 60.3 Å². The van der Waals surface area contributed by atoms with Crippen molar-refractivity contribution in [2.24, 2.45) is 10.8 Å². The molecule has 2 amide bonds. The lowest BCUT2D eigenvalue weighted by atomic mass is 9.80. The van der Waals surface area contributed by atoms with Crippen molar-refractivity contribution in [2.75, 3.05) is 56.8 Å². The monoisotopic (exact) mass is 982 g/mol. The number of carbonyl (C=O) groups excluding carboxylic acids is 7. The van der Waals surface area contributed by atoms with Gasteiger partial charge in [-0.15, -0.1) is 35.3 Å². The minimum absolute atomic E-state index is 0.0256. The zero-order chi connectivity index (χ0) is 49.5. The third-order valence-corrected chi connectivity index (χ3v) is 13.9. The smallest absolute Gasteiger partial charge is 0.316 e. The molecule has 18 nitrogen and oxygen atoms in total. The van der Waals surface area contributed by atoms with Crippen molar-refractivity contribution in [1.82, 2.24) is 9.80 Å². The quantitative estimate of drug-likeness (QED) is 0.0718. The van der Waals surface area contributed by atoms with Crippen molar-refractivity contribution >= 4 is 76.9 Å². The zero-order valence-corrected chi connectivity index (χ0v) is 42.4. The van der Waals surface area contributed by atoms with Crippen LogP contribution in [0.3, 0.4) is 0 Å². The number of rotatable bonds is 26. The van der Waals surface area contributed by atoms with Gasteiger partial charge < -0.3 is 53.9 Å². The molecule has 374 valence electrons. The first-order valence-electron chi connectivity index (χ1n) is 22.0. The number of aliphatic hydroxyl groups is 4. The van der Waals surface area contributed by atoms with Gasteiger partial charge in [-0.25, -0.2) is 0 Å². The van der Waals surface area contributed by atoms with E-state index >= 15 is 0 Å². The predicted octanol–water partition coefficient (Wildman–Crippen LogP) is 3.10. The molecule has 0 aromatic heterocycles. The molecule has 65 heavy (non-hydrogen) atoms. The lowest BCUT2D eigenvalue weighted by molar-refractivity contribution is -0.180. The predicted molar refractivity (Wildman–Crippen MR) is 247 cm³/mol. The maximum atomic E-state index is 14.0. The number of amides is 2. The van der Waals surface area contributed by atoms with Crippen LogP contribution in [0.2, 0.25) is 0 Å². The van der Waals surface area contributed by atoms with E-state index in [0.29, 0.717) is 32.4 Å². The Balaban J connectivity index is 2.24. The summed E-state index contributed by atoms with van der Waals surface area (Å²) >= 11 is 3.55. The Morgan fingerprint density at radius 3 is 1.58 bits per heavy atom. The highest BCUT2D eigenvalue weighted by Crippen LogP contribution is 2.39. The number of hydrogen-bond acceptors (Lipinski definition) is 19.